The maximum atomic E-state index is 13.0. The van der Waals surface area contributed by atoms with Gasteiger partial charge < -0.3 is 64.0 Å². The molecule has 5 aromatic rings. The number of hydrogen-bond donors (Lipinski definition) is 3. The molecule has 2 amide bonds. The zero-order valence-corrected chi connectivity index (χ0v) is 35.7. The van der Waals surface area contributed by atoms with Gasteiger partial charge in [0, 0.05) is 50.3 Å². The highest BCUT2D eigenvalue weighted by atomic mass is 16.6. The number of nitrogens with zero attached hydrogens (tertiary/aromatic N) is 8. The fourth-order valence-corrected chi connectivity index (χ4v) is 6.47. The summed E-state index contributed by atoms with van der Waals surface area (Å²) in [6.45, 7) is 10.3. The van der Waals surface area contributed by atoms with Crippen molar-refractivity contribution in [3.05, 3.63) is 47.8 Å². The van der Waals surface area contributed by atoms with E-state index in [-0.39, 0.29) is 30.8 Å². The van der Waals surface area contributed by atoms with Crippen molar-refractivity contribution in [3.8, 4) is 11.3 Å². The summed E-state index contributed by atoms with van der Waals surface area (Å²) >= 11 is 0. The lowest BCUT2D eigenvalue weighted by atomic mass is 10.1. The fourth-order valence-electron chi connectivity index (χ4n) is 6.47. The molecule has 5 N–H and O–H groups in total. The van der Waals surface area contributed by atoms with Crippen molar-refractivity contribution in [2.75, 3.05) is 130 Å². The Kier molecular flexibility index (Phi) is 19.1. The van der Waals surface area contributed by atoms with Gasteiger partial charge in [0.15, 0.2) is 11.2 Å². The third-order valence-corrected chi connectivity index (χ3v) is 9.55. The first-order valence-corrected chi connectivity index (χ1v) is 21.0. The van der Waals surface area contributed by atoms with Gasteiger partial charge in [0.2, 0.25) is 11.8 Å². The molecule has 22 heteroatoms. The van der Waals surface area contributed by atoms with Crippen LogP contribution >= 0.6 is 0 Å². The van der Waals surface area contributed by atoms with Gasteiger partial charge in [0.1, 0.15) is 35.7 Å². The molecule has 1 aromatic carbocycles. The number of nitrogens with one attached hydrogen (secondary N) is 1. The van der Waals surface area contributed by atoms with Crippen molar-refractivity contribution in [1.29, 1.82) is 0 Å². The van der Waals surface area contributed by atoms with Gasteiger partial charge >= 0.3 is 0 Å². The van der Waals surface area contributed by atoms with Crippen LogP contribution in [0.3, 0.4) is 0 Å². The van der Waals surface area contributed by atoms with E-state index in [0.717, 1.165) is 16.8 Å². The van der Waals surface area contributed by atoms with Gasteiger partial charge in [-0.1, -0.05) is 0 Å². The number of carbonyl (C=O) groups is 2. The SMILES string of the molecule is CC(=O)NCCOCCOCCOCCOCCOCCOCCOCCOCCC(=O)N1CCc2nc(Cn3nc(-c4ccc5oc(N)nc5c4)c4c(N)ncnc43)ncc2C1. The number of amides is 2. The molecule has 5 heterocycles. The van der Waals surface area contributed by atoms with E-state index < -0.39 is 0 Å². The van der Waals surface area contributed by atoms with E-state index in [1.54, 1.807) is 16.9 Å². The predicted molar refractivity (Wildman–Crippen MR) is 227 cm³/mol. The monoisotopic (exact) mass is 879 g/mol. The summed E-state index contributed by atoms with van der Waals surface area (Å²) in [5.41, 5.74) is 16.9. The van der Waals surface area contributed by atoms with Crippen LogP contribution in [0.1, 0.15) is 30.4 Å². The van der Waals surface area contributed by atoms with Gasteiger partial charge in [-0.15, -0.1) is 0 Å². The summed E-state index contributed by atoms with van der Waals surface area (Å²) in [5, 5.41) is 8.11. The van der Waals surface area contributed by atoms with E-state index in [0.29, 0.717) is 171 Å². The molecule has 0 fully saturated rings. The molecule has 0 spiro atoms. The van der Waals surface area contributed by atoms with Crippen LogP contribution in [-0.2, 0) is 67.0 Å². The molecular weight excluding hydrogens is 823 g/mol. The van der Waals surface area contributed by atoms with Gasteiger partial charge in [-0.25, -0.2) is 24.6 Å². The van der Waals surface area contributed by atoms with Crippen molar-refractivity contribution in [3.63, 3.8) is 0 Å². The summed E-state index contributed by atoms with van der Waals surface area (Å²) in [7, 11) is 0. The van der Waals surface area contributed by atoms with Crippen LogP contribution in [0, 0.1) is 0 Å². The number of benzene rings is 1. The highest BCUT2D eigenvalue weighted by molar-refractivity contribution is 5.99. The van der Waals surface area contributed by atoms with Gasteiger partial charge in [-0.3, -0.25) is 9.59 Å². The lowest BCUT2D eigenvalue weighted by Gasteiger charge is -2.28. The average molecular weight is 880 g/mol. The number of anilines is 2. The fraction of sp³-hybridized carbons (Fsp3) is 0.561. The number of ether oxygens (including phenoxy) is 8. The number of oxazole rings is 1. The Bertz CT molecular complexity index is 2190. The topological polar surface area (TPSA) is 271 Å². The molecule has 0 bridgehead atoms. The van der Waals surface area contributed by atoms with Crippen molar-refractivity contribution in [2.45, 2.75) is 32.9 Å². The number of aromatic nitrogens is 7. The summed E-state index contributed by atoms with van der Waals surface area (Å²) in [5.74, 6) is 0.795. The van der Waals surface area contributed by atoms with Crippen LogP contribution in [-0.4, -0.2) is 170 Å². The zero-order chi connectivity index (χ0) is 44.1. The third kappa shape index (κ3) is 15.1. The summed E-state index contributed by atoms with van der Waals surface area (Å²) in [6.07, 6.45) is 4.05. The highest BCUT2D eigenvalue weighted by Crippen LogP contribution is 2.32. The molecule has 342 valence electrons. The first-order valence-electron chi connectivity index (χ1n) is 21.0. The minimum Gasteiger partial charge on any atom is -0.424 e. The van der Waals surface area contributed by atoms with Crippen LogP contribution in [0.25, 0.3) is 33.4 Å². The van der Waals surface area contributed by atoms with Gasteiger partial charge in [-0.2, -0.15) is 10.1 Å². The molecular formula is C41H57N11O11. The molecule has 0 saturated heterocycles. The Labute approximate surface area is 364 Å². The Hall–Kier alpha value is -5.46. The van der Waals surface area contributed by atoms with Gasteiger partial charge in [0.05, 0.1) is 123 Å². The summed E-state index contributed by atoms with van der Waals surface area (Å²) < 4.78 is 51.1. The minimum absolute atomic E-state index is 0.00910. The van der Waals surface area contributed by atoms with Gasteiger partial charge in [0.25, 0.3) is 6.01 Å². The molecule has 4 aromatic heterocycles. The molecule has 0 atom stereocenters. The van der Waals surface area contributed by atoms with Crippen molar-refractivity contribution in [2.24, 2.45) is 0 Å². The number of nitrogen functional groups attached to an aromatic ring is 2. The third-order valence-electron chi connectivity index (χ3n) is 9.55. The Morgan fingerprint density at radius 1 is 0.762 bits per heavy atom. The molecule has 22 nitrogen and oxygen atoms in total. The quantitative estimate of drug-likeness (QED) is 0.0547. The smallest absolute Gasteiger partial charge is 0.292 e. The first-order chi connectivity index (χ1) is 30.9. The largest absolute Gasteiger partial charge is 0.424 e. The van der Waals surface area contributed by atoms with E-state index in [2.05, 4.69) is 25.3 Å². The second-order valence-corrected chi connectivity index (χ2v) is 14.2. The number of hydrogen-bond acceptors (Lipinski definition) is 19. The van der Waals surface area contributed by atoms with Crippen LogP contribution < -0.4 is 16.8 Å². The second kappa shape index (κ2) is 25.6. The van der Waals surface area contributed by atoms with E-state index in [1.165, 1.54) is 13.3 Å². The van der Waals surface area contributed by atoms with E-state index in [4.69, 9.17) is 63.9 Å². The van der Waals surface area contributed by atoms with E-state index >= 15 is 0 Å². The Morgan fingerprint density at radius 3 is 1.98 bits per heavy atom. The number of rotatable bonds is 30. The standard InChI is InChI=1S/C41H57N11O11/c1-29(53)44-6-9-56-11-13-58-15-17-60-19-21-62-23-22-61-20-18-59-16-14-57-12-10-55-8-5-36(54)51-7-4-32-31(26-51)25-45-35(48-32)27-52-40-37(39(42)46-28-47-40)38(50-52)30-2-3-34-33(24-30)49-41(43)63-34/h2-3,24-25,28H,4-23,26-27H2,1H3,(H2,43,49)(H,44,53)(H2,42,46,47). The second-order valence-electron chi connectivity index (χ2n) is 14.2. The number of carbonyl (C=O) groups excluding carboxylic acids is 2. The summed E-state index contributed by atoms with van der Waals surface area (Å²) in [6, 6.07) is 5.55. The molecule has 63 heavy (non-hydrogen) atoms. The number of nitrogens with two attached hydrogens (primary N) is 2. The molecule has 1 aliphatic heterocycles. The maximum absolute atomic E-state index is 13.0. The molecule has 0 saturated carbocycles. The van der Waals surface area contributed by atoms with Crippen LogP contribution in [0.4, 0.5) is 11.8 Å². The van der Waals surface area contributed by atoms with Crippen molar-refractivity contribution in [1.82, 2.24) is 44.9 Å². The molecule has 6 rings (SSSR count). The number of fused-ring (bicyclic) bond motifs is 3. The average Bonchev–Trinajstić information content (AvgIpc) is 3.85. The lowest BCUT2D eigenvalue weighted by molar-refractivity contribution is -0.133. The minimum atomic E-state index is -0.0711. The first kappa shape index (κ1) is 47.0. The lowest BCUT2D eigenvalue weighted by Crippen LogP contribution is -2.37. The van der Waals surface area contributed by atoms with Crippen LogP contribution in [0.2, 0.25) is 0 Å². The normalized spacial score (nSPS) is 12.7. The maximum Gasteiger partial charge on any atom is 0.292 e. The van der Waals surface area contributed by atoms with Crippen molar-refractivity contribution >= 4 is 45.8 Å². The molecule has 0 radical (unpaired) electrons. The van der Waals surface area contributed by atoms with E-state index in [9.17, 15) is 9.59 Å². The molecule has 0 unspecified atom stereocenters. The van der Waals surface area contributed by atoms with Gasteiger partial charge in [-0.05, 0) is 18.2 Å². The Balaban J connectivity index is 0.757. The van der Waals surface area contributed by atoms with E-state index in [1.807, 2.05) is 17.0 Å². The molecule has 0 aliphatic carbocycles. The highest BCUT2D eigenvalue weighted by Gasteiger charge is 2.24. The van der Waals surface area contributed by atoms with Crippen molar-refractivity contribution < 1.29 is 51.9 Å². The zero-order valence-electron chi connectivity index (χ0n) is 35.7. The van der Waals surface area contributed by atoms with Crippen LogP contribution in [0.15, 0.2) is 35.1 Å². The van der Waals surface area contributed by atoms with Crippen LogP contribution in [0.5, 0.6) is 0 Å². The molecule has 1 aliphatic rings. The Morgan fingerprint density at radius 2 is 1.37 bits per heavy atom. The summed E-state index contributed by atoms with van der Waals surface area (Å²) in [4.78, 5) is 47.9. The predicted octanol–water partition coefficient (Wildman–Crippen LogP) is 1.18.